The highest BCUT2D eigenvalue weighted by Gasteiger charge is 2.27. The summed E-state index contributed by atoms with van der Waals surface area (Å²) in [5.41, 5.74) is 0.800. The minimum Gasteiger partial charge on any atom is -0.493 e. The Morgan fingerprint density at radius 2 is 1.91 bits per heavy atom. The van der Waals surface area contributed by atoms with E-state index < -0.39 is 10.0 Å². The molecule has 0 saturated carbocycles. The average Bonchev–Trinajstić information content (AvgIpc) is 3.27. The third-order valence-electron chi connectivity index (χ3n) is 5.80. The fraction of sp³-hybridized carbons (Fsp3) is 0.375. The number of nitrogens with one attached hydrogen (secondary N) is 1. The molecule has 8 nitrogen and oxygen atoms in total. The SMILES string of the molecule is COc1ccc(S(=O)(=O)NC2CCN(CCCOc3ccnc4cc(Cl)ccc34)C2)cc1OC. The summed E-state index contributed by atoms with van der Waals surface area (Å²) in [6.45, 7) is 2.86. The maximum atomic E-state index is 12.8. The number of rotatable bonds is 10. The number of pyridine rings is 1. The Morgan fingerprint density at radius 3 is 2.71 bits per heavy atom. The second kappa shape index (κ2) is 10.8. The van der Waals surface area contributed by atoms with Gasteiger partial charge < -0.3 is 19.1 Å². The second-order valence-corrected chi connectivity index (χ2v) is 10.2. The molecule has 0 aliphatic carbocycles. The molecule has 1 N–H and O–H groups in total. The molecular formula is C24H28ClN3O5S. The number of halogens is 1. The van der Waals surface area contributed by atoms with E-state index in [0.717, 1.165) is 42.6 Å². The number of hydrogen-bond acceptors (Lipinski definition) is 7. The molecule has 0 bridgehead atoms. The van der Waals surface area contributed by atoms with Crippen molar-refractivity contribution in [1.29, 1.82) is 0 Å². The van der Waals surface area contributed by atoms with Crippen molar-refractivity contribution >= 4 is 32.5 Å². The van der Waals surface area contributed by atoms with E-state index in [-0.39, 0.29) is 10.9 Å². The van der Waals surface area contributed by atoms with Crippen LogP contribution in [-0.2, 0) is 10.0 Å². The highest BCUT2D eigenvalue weighted by Crippen LogP contribution is 2.30. The first-order valence-electron chi connectivity index (χ1n) is 11.0. The van der Waals surface area contributed by atoms with Crippen molar-refractivity contribution in [2.45, 2.75) is 23.8 Å². The first-order valence-corrected chi connectivity index (χ1v) is 12.9. The number of hydrogen-bond donors (Lipinski definition) is 1. The summed E-state index contributed by atoms with van der Waals surface area (Å²) >= 11 is 6.04. The van der Waals surface area contributed by atoms with Crippen molar-refractivity contribution in [2.24, 2.45) is 0 Å². The molecule has 0 radical (unpaired) electrons. The Morgan fingerprint density at radius 1 is 1.09 bits per heavy atom. The van der Waals surface area contributed by atoms with Gasteiger partial charge in [0.2, 0.25) is 10.0 Å². The standard InChI is InChI=1S/C24H28ClN3O5S/c1-31-23-7-5-19(15-24(23)32-2)34(29,30)27-18-9-12-28(16-18)11-3-13-33-22-8-10-26-21-14-17(25)4-6-20(21)22/h4-8,10,14-15,18,27H,3,9,11-13,16H2,1-2H3. The van der Waals surface area contributed by atoms with E-state index in [2.05, 4.69) is 14.6 Å². The molecule has 34 heavy (non-hydrogen) atoms. The van der Waals surface area contributed by atoms with Crippen molar-refractivity contribution < 1.29 is 22.6 Å². The lowest BCUT2D eigenvalue weighted by molar-refractivity contribution is 0.263. The summed E-state index contributed by atoms with van der Waals surface area (Å²) in [5, 5.41) is 1.57. The van der Waals surface area contributed by atoms with Gasteiger partial charge in [-0.3, -0.25) is 4.98 Å². The summed E-state index contributed by atoms with van der Waals surface area (Å²) < 4.78 is 44.9. The van der Waals surface area contributed by atoms with Gasteiger partial charge in [0, 0.05) is 41.8 Å². The molecule has 2 heterocycles. The second-order valence-electron chi connectivity index (χ2n) is 8.10. The van der Waals surface area contributed by atoms with E-state index in [1.165, 1.54) is 26.4 Å². The molecule has 1 saturated heterocycles. The largest absolute Gasteiger partial charge is 0.493 e. The van der Waals surface area contributed by atoms with Gasteiger partial charge in [0.25, 0.3) is 0 Å². The van der Waals surface area contributed by atoms with Crippen LogP contribution >= 0.6 is 11.6 Å². The van der Waals surface area contributed by atoms with E-state index in [0.29, 0.717) is 29.7 Å². The minimum absolute atomic E-state index is 0.145. The summed E-state index contributed by atoms with van der Waals surface area (Å²) in [5.74, 6) is 1.64. The monoisotopic (exact) mass is 505 g/mol. The number of fused-ring (bicyclic) bond motifs is 1. The van der Waals surface area contributed by atoms with Crippen LogP contribution < -0.4 is 18.9 Å². The number of methoxy groups -OCH3 is 2. The lowest BCUT2D eigenvalue weighted by Crippen LogP contribution is -2.37. The van der Waals surface area contributed by atoms with Crippen LogP contribution in [0.4, 0.5) is 0 Å². The zero-order chi connectivity index (χ0) is 24.1. The summed E-state index contributed by atoms with van der Waals surface area (Å²) in [6, 6.07) is 11.8. The van der Waals surface area contributed by atoms with Gasteiger partial charge in [-0.1, -0.05) is 11.6 Å². The summed E-state index contributed by atoms with van der Waals surface area (Å²) in [4.78, 5) is 6.73. The van der Waals surface area contributed by atoms with Crippen molar-refractivity contribution in [1.82, 2.24) is 14.6 Å². The Bertz CT molecular complexity index is 1250. The fourth-order valence-electron chi connectivity index (χ4n) is 4.09. The molecule has 0 amide bonds. The predicted octanol–water partition coefficient (Wildman–Crippen LogP) is 3.73. The Labute approximate surface area is 204 Å². The van der Waals surface area contributed by atoms with Gasteiger partial charge >= 0.3 is 0 Å². The molecule has 182 valence electrons. The average molecular weight is 506 g/mol. The molecule has 1 aromatic heterocycles. The number of aromatic nitrogens is 1. The topological polar surface area (TPSA) is 90.0 Å². The molecule has 1 unspecified atom stereocenters. The third-order valence-corrected chi connectivity index (χ3v) is 7.55. The molecule has 1 atom stereocenters. The lowest BCUT2D eigenvalue weighted by Gasteiger charge is -2.17. The van der Waals surface area contributed by atoms with Crippen LogP contribution in [0.5, 0.6) is 17.2 Å². The van der Waals surface area contributed by atoms with Crippen LogP contribution in [0.15, 0.2) is 53.6 Å². The van der Waals surface area contributed by atoms with Crippen LogP contribution in [-0.4, -0.2) is 64.8 Å². The molecule has 0 spiro atoms. The van der Waals surface area contributed by atoms with E-state index in [9.17, 15) is 8.42 Å². The van der Waals surface area contributed by atoms with Crippen LogP contribution in [0, 0.1) is 0 Å². The maximum absolute atomic E-state index is 12.8. The van der Waals surface area contributed by atoms with E-state index in [4.69, 9.17) is 25.8 Å². The molecule has 1 fully saturated rings. The van der Waals surface area contributed by atoms with Crippen LogP contribution in [0.1, 0.15) is 12.8 Å². The highest BCUT2D eigenvalue weighted by atomic mass is 35.5. The van der Waals surface area contributed by atoms with Crippen LogP contribution in [0.2, 0.25) is 5.02 Å². The number of nitrogens with zero attached hydrogens (tertiary/aromatic N) is 2. The third kappa shape index (κ3) is 5.72. The van der Waals surface area contributed by atoms with E-state index >= 15 is 0 Å². The van der Waals surface area contributed by atoms with Crippen LogP contribution in [0.25, 0.3) is 10.9 Å². The van der Waals surface area contributed by atoms with Gasteiger partial charge in [0.05, 0.1) is 31.2 Å². The molecule has 2 aromatic carbocycles. The van der Waals surface area contributed by atoms with Gasteiger partial charge in [0.15, 0.2) is 11.5 Å². The Hall–Kier alpha value is -2.59. The Balaban J connectivity index is 1.27. The lowest BCUT2D eigenvalue weighted by atomic mass is 10.2. The molecule has 3 aromatic rings. The number of sulfonamides is 1. The van der Waals surface area contributed by atoms with Crippen molar-refractivity contribution in [3.63, 3.8) is 0 Å². The van der Waals surface area contributed by atoms with Crippen molar-refractivity contribution in [3.05, 3.63) is 53.7 Å². The van der Waals surface area contributed by atoms with Gasteiger partial charge in [-0.2, -0.15) is 0 Å². The van der Waals surface area contributed by atoms with Gasteiger partial charge in [-0.05, 0) is 55.8 Å². The zero-order valence-corrected chi connectivity index (χ0v) is 20.7. The maximum Gasteiger partial charge on any atom is 0.241 e. The fourth-order valence-corrected chi connectivity index (χ4v) is 5.54. The number of benzene rings is 2. The molecule has 10 heteroatoms. The van der Waals surface area contributed by atoms with Gasteiger partial charge in [-0.25, -0.2) is 13.1 Å². The van der Waals surface area contributed by atoms with Gasteiger partial charge in [0.1, 0.15) is 5.75 Å². The molecule has 1 aliphatic rings. The summed E-state index contributed by atoms with van der Waals surface area (Å²) in [7, 11) is -0.671. The summed E-state index contributed by atoms with van der Waals surface area (Å²) in [6.07, 6.45) is 3.29. The number of ether oxygens (including phenoxy) is 3. The van der Waals surface area contributed by atoms with E-state index in [1.807, 2.05) is 24.3 Å². The quantitative estimate of drug-likeness (QED) is 0.420. The van der Waals surface area contributed by atoms with Crippen molar-refractivity contribution in [3.8, 4) is 17.2 Å². The smallest absolute Gasteiger partial charge is 0.241 e. The first kappa shape index (κ1) is 24.5. The normalized spacial score (nSPS) is 16.6. The Kier molecular flexibility index (Phi) is 7.77. The van der Waals surface area contributed by atoms with E-state index in [1.54, 1.807) is 12.3 Å². The molecule has 4 rings (SSSR count). The van der Waals surface area contributed by atoms with Crippen molar-refractivity contribution in [2.75, 3.05) is 40.5 Å². The molecule has 1 aliphatic heterocycles. The van der Waals surface area contributed by atoms with Gasteiger partial charge in [-0.15, -0.1) is 0 Å². The predicted molar refractivity (Wildman–Crippen MR) is 132 cm³/mol. The van der Waals surface area contributed by atoms with Crippen LogP contribution in [0.3, 0.4) is 0 Å². The zero-order valence-electron chi connectivity index (χ0n) is 19.2. The number of likely N-dealkylation sites (tertiary alicyclic amines) is 1. The molecular weight excluding hydrogens is 478 g/mol. The highest BCUT2D eigenvalue weighted by molar-refractivity contribution is 7.89. The first-order chi connectivity index (χ1) is 16.4. The minimum atomic E-state index is -3.66.